The third kappa shape index (κ3) is 7.80. The molecule has 9 nitrogen and oxygen atoms in total. The first-order valence-corrected chi connectivity index (χ1v) is 19.4. The summed E-state index contributed by atoms with van der Waals surface area (Å²) in [7, 11) is 0. The Morgan fingerprint density at radius 1 is 1.00 bits per heavy atom. The van der Waals surface area contributed by atoms with E-state index in [0.29, 0.717) is 42.1 Å². The summed E-state index contributed by atoms with van der Waals surface area (Å²) in [6.07, 6.45) is 7.23. The van der Waals surface area contributed by atoms with E-state index in [4.69, 9.17) is 9.47 Å². The summed E-state index contributed by atoms with van der Waals surface area (Å²) in [6, 6.07) is 22.7. The summed E-state index contributed by atoms with van der Waals surface area (Å²) in [6.45, 7) is 9.99. The number of aryl methyl sites for hydroxylation is 1. The lowest BCUT2D eigenvalue weighted by atomic mass is 9.80. The highest BCUT2D eigenvalue weighted by molar-refractivity contribution is 5.87. The number of rotatable bonds is 15. The zero-order valence-corrected chi connectivity index (χ0v) is 30.7. The van der Waals surface area contributed by atoms with Gasteiger partial charge in [-0.05, 0) is 73.1 Å². The Hall–Kier alpha value is -3.73. The van der Waals surface area contributed by atoms with Crippen LogP contribution in [0.3, 0.4) is 0 Å². The van der Waals surface area contributed by atoms with E-state index in [1.54, 1.807) is 12.1 Å². The van der Waals surface area contributed by atoms with Gasteiger partial charge in [-0.25, -0.2) is 0 Å². The average Bonchev–Trinajstić information content (AvgIpc) is 3.72. The zero-order valence-electron chi connectivity index (χ0n) is 30.7. The van der Waals surface area contributed by atoms with Gasteiger partial charge in [-0.1, -0.05) is 61.4 Å². The number of H-pyrrole nitrogens is 1. The van der Waals surface area contributed by atoms with Crippen molar-refractivity contribution in [3.63, 3.8) is 0 Å². The maximum atomic E-state index is 12.1. The van der Waals surface area contributed by atoms with Crippen LogP contribution in [0, 0.1) is 18.8 Å². The number of piperidine rings is 3. The largest absolute Gasteiger partial charge is 0.506 e. The summed E-state index contributed by atoms with van der Waals surface area (Å²) < 4.78 is 14.1. The maximum absolute atomic E-state index is 12.1. The van der Waals surface area contributed by atoms with Crippen LogP contribution in [0.5, 0.6) is 11.5 Å². The second-order valence-corrected chi connectivity index (χ2v) is 15.8. The van der Waals surface area contributed by atoms with Gasteiger partial charge in [0, 0.05) is 49.2 Å². The van der Waals surface area contributed by atoms with Crippen LogP contribution in [0.25, 0.3) is 10.9 Å². The molecule has 3 aromatic carbocycles. The number of benzene rings is 3. The van der Waals surface area contributed by atoms with Gasteiger partial charge in [0.05, 0.1) is 44.5 Å². The molecule has 1 unspecified atom stereocenters. The minimum absolute atomic E-state index is 0.0135. The molecule has 1 aromatic heterocycles. The van der Waals surface area contributed by atoms with E-state index in [0.717, 1.165) is 59.3 Å². The molecule has 3 saturated heterocycles. The van der Waals surface area contributed by atoms with Gasteiger partial charge < -0.3 is 39.6 Å². The number of aromatic hydroxyl groups is 1. The van der Waals surface area contributed by atoms with Gasteiger partial charge in [-0.3, -0.25) is 4.79 Å². The Bertz CT molecular complexity index is 1870. The molecular formula is C43H56N3O6+. The topological polar surface area (TPSA) is 124 Å². The zero-order chi connectivity index (χ0) is 36.3. The molecule has 4 aromatic rings. The van der Waals surface area contributed by atoms with E-state index in [1.165, 1.54) is 50.9 Å². The van der Waals surface area contributed by atoms with Gasteiger partial charge in [0.2, 0.25) is 5.56 Å². The van der Waals surface area contributed by atoms with E-state index >= 15 is 0 Å². The van der Waals surface area contributed by atoms with Gasteiger partial charge in [0.1, 0.15) is 29.7 Å². The number of ether oxygens (including phenoxy) is 2. The lowest BCUT2D eigenvalue weighted by molar-refractivity contribution is -0.946. The van der Waals surface area contributed by atoms with Crippen molar-refractivity contribution in [2.75, 3.05) is 45.9 Å². The molecule has 278 valence electrons. The number of quaternary nitrogens is 1. The Balaban J connectivity index is 0.894. The first kappa shape index (κ1) is 36.6. The van der Waals surface area contributed by atoms with Crippen LogP contribution in [0.1, 0.15) is 86.3 Å². The molecule has 8 rings (SSSR count). The van der Waals surface area contributed by atoms with Crippen molar-refractivity contribution in [1.82, 2.24) is 10.3 Å². The second kappa shape index (κ2) is 15.7. The van der Waals surface area contributed by atoms with E-state index < -0.39 is 11.7 Å². The Labute approximate surface area is 307 Å². The van der Waals surface area contributed by atoms with Crippen molar-refractivity contribution < 1.29 is 29.3 Å². The molecule has 1 aliphatic carbocycles. The molecular weight excluding hydrogens is 654 g/mol. The molecule has 4 fully saturated rings. The van der Waals surface area contributed by atoms with Crippen LogP contribution >= 0.6 is 0 Å². The summed E-state index contributed by atoms with van der Waals surface area (Å²) in [5, 5.41) is 37.3. The first-order valence-electron chi connectivity index (χ1n) is 19.4. The SMILES string of the molecule is Cc1cc(C(C)NC[C@H](O)c2ccc(O)c3[nH]c(=O)ccc23)ccc1OCCC[N+]12CCC(CC1)[C@@H](OC[C@@](O)(c1ccccc1)C1CCCC1)C2. The number of aromatic amines is 1. The van der Waals surface area contributed by atoms with E-state index in [1.807, 2.05) is 24.3 Å². The third-order valence-electron chi connectivity index (χ3n) is 12.5. The van der Waals surface area contributed by atoms with E-state index in [2.05, 4.69) is 48.4 Å². The summed E-state index contributed by atoms with van der Waals surface area (Å²) in [5.74, 6) is 1.71. The highest BCUT2D eigenvalue weighted by Crippen LogP contribution is 2.43. The number of aliphatic hydroxyl groups excluding tert-OH is 1. The van der Waals surface area contributed by atoms with Crippen molar-refractivity contribution in [2.45, 2.75) is 82.6 Å². The van der Waals surface area contributed by atoms with Crippen LogP contribution in [-0.2, 0) is 10.3 Å². The molecule has 4 atom stereocenters. The molecule has 4 aliphatic rings. The number of hydrogen-bond donors (Lipinski definition) is 5. The number of nitrogens with zero attached hydrogens (tertiary/aromatic N) is 1. The van der Waals surface area contributed by atoms with Crippen molar-refractivity contribution in [1.29, 1.82) is 0 Å². The van der Waals surface area contributed by atoms with Crippen LogP contribution in [0.15, 0.2) is 77.6 Å². The molecule has 0 radical (unpaired) electrons. The number of aromatic nitrogens is 1. The summed E-state index contributed by atoms with van der Waals surface area (Å²) in [4.78, 5) is 14.4. The van der Waals surface area contributed by atoms with Gasteiger partial charge in [-0.2, -0.15) is 0 Å². The monoisotopic (exact) mass is 710 g/mol. The van der Waals surface area contributed by atoms with Crippen molar-refractivity contribution in [3.05, 3.63) is 105 Å². The summed E-state index contributed by atoms with van der Waals surface area (Å²) in [5.41, 5.74) is 2.92. The van der Waals surface area contributed by atoms with Crippen LogP contribution in [-0.4, -0.2) is 76.8 Å². The highest BCUT2D eigenvalue weighted by Gasteiger charge is 2.48. The van der Waals surface area contributed by atoms with Gasteiger partial charge in [-0.15, -0.1) is 0 Å². The Kier molecular flexibility index (Phi) is 11.1. The van der Waals surface area contributed by atoms with E-state index in [-0.39, 0.29) is 29.4 Å². The number of pyridine rings is 1. The first-order chi connectivity index (χ1) is 25.1. The average molecular weight is 711 g/mol. The Morgan fingerprint density at radius 2 is 1.77 bits per heavy atom. The number of fused-ring (bicyclic) bond motifs is 4. The van der Waals surface area contributed by atoms with Crippen molar-refractivity contribution in [3.8, 4) is 11.5 Å². The number of phenols is 1. The minimum atomic E-state index is -0.919. The lowest BCUT2D eigenvalue weighted by Crippen LogP contribution is -2.65. The van der Waals surface area contributed by atoms with Crippen LogP contribution in [0.4, 0.5) is 0 Å². The quantitative estimate of drug-likeness (QED) is 0.0715. The van der Waals surface area contributed by atoms with E-state index in [9.17, 15) is 20.1 Å². The fourth-order valence-corrected chi connectivity index (χ4v) is 9.28. The summed E-state index contributed by atoms with van der Waals surface area (Å²) >= 11 is 0. The molecule has 0 spiro atoms. The Morgan fingerprint density at radius 3 is 2.52 bits per heavy atom. The minimum Gasteiger partial charge on any atom is -0.506 e. The number of hydrogen-bond acceptors (Lipinski definition) is 7. The molecule has 9 heteroatoms. The number of phenolic OH excluding ortho intramolecular Hbond substituents is 1. The molecule has 52 heavy (non-hydrogen) atoms. The predicted molar refractivity (Wildman–Crippen MR) is 203 cm³/mol. The smallest absolute Gasteiger partial charge is 0.248 e. The van der Waals surface area contributed by atoms with Crippen molar-refractivity contribution >= 4 is 10.9 Å². The molecule has 2 bridgehead atoms. The number of nitrogens with one attached hydrogen (secondary N) is 2. The van der Waals surface area contributed by atoms with Gasteiger partial charge >= 0.3 is 0 Å². The van der Waals surface area contributed by atoms with Gasteiger partial charge in [0.15, 0.2) is 0 Å². The fourth-order valence-electron chi connectivity index (χ4n) is 9.28. The van der Waals surface area contributed by atoms with Gasteiger partial charge in [0.25, 0.3) is 0 Å². The lowest BCUT2D eigenvalue weighted by Gasteiger charge is -2.53. The molecule has 3 aliphatic heterocycles. The third-order valence-corrected chi connectivity index (χ3v) is 12.5. The van der Waals surface area contributed by atoms with Crippen molar-refractivity contribution in [2.24, 2.45) is 11.8 Å². The predicted octanol–water partition coefficient (Wildman–Crippen LogP) is 6.40. The molecule has 4 heterocycles. The molecule has 1 saturated carbocycles. The second-order valence-electron chi connectivity index (χ2n) is 15.8. The highest BCUT2D eigenvalue weighted by atomic mass is 16.5. The fraction of sp³-hybridized carbons (Fsp3) is 0.512. The molecule has 5 N–H and O–H groups in total. The normalized spacial score (nSPS) is 24.2. The van der Waals surface area contributed by atoms with Crippen LogP contribution < -0.4 is 15.6 Å². The van der Waals surface area contributed by atoms with Crippen LogP contribution in [0.2, 0.25) is 0 Å². The standard InChI is InChI=1S/C43H55N3O6/c1-29-25-32(30(2)44-26-38(48)35-14-16-37(47)42-36(35)15-18-41(49)45-42)13-17-39(29)51-24-8-21-46-22-19-31(20-23-46)40(27-46)52-28-43(50,34-11-6-7-12-34)33-9-4-3-5-10-33/h3-5,9-10,13-18,25,30-31,34,38,40,44,48,50H,6-8,11-12,19-24,26-28H2,1-2H3,(H-,45,47,49)/p+1/t30?,31?,38-,40-,43+,46?/m0/s1. The molecule has 0 amide bonds. The number of aliphatic hydroxyl groups is 2. The maximum Gasteiger partial charge on any atom is 0.248 e.